The standard InChI is InChI=1S/C12H13N5O2/c18-12-16(8-9-19-12)6-7-17-14-11(13-15-17)10-4-2-1-3-5-10/h1-5H,6-9H2. The molecule has 1 fully saturated rings. The van der Waals surface area contributed by atoms with Gasteiger partial charge in [0.25, 0.3) is 0 Å². The summed E-state index contributed by atoms with van der Waals surface area (Å²) in [6.07, 6.45) is -0.275. The quantitative estimate of drug-likeness (QED) is 0.811. The van der Waals surface area contributed by atoms with Crippen LogP contribution in [0.2, 0.25) is 0 Å². The molecule has 2 aromatic rings. The van der Waals surface area contributed by atoms with Gasteiger partial charge >= 0.3 is 6.09 Å². The van der Waals surface area contributed by atoms with Gasteiger partial charge in [-0.25, -0.2) is 4.79 Å². The number of hydrogen-bond donors (Lipinski definition) is 0. The van der Waals surface area contributed by atoms with Crippen LogP contribution in [-0.2, 0) is 11.3 Å². The molecule has 3 rings (SSSR count). The summed E-state index contributed by atoms with van der Waals surface area (Å²) in [5, 5.41) is 12.3. The number of aromatic nitrogens is 4. The maximum absolute atomic E-state index is 11.3. The summed E-state index contributed by atoms with van der Waals surface area (Å²) in [6.45, 7) is 2.12. The van der Waals surface area contributed by atoms with Gasteiger partial charge in [0.2, 0.25) is 5.82 Å². The fraction of sp³-hybridized carbons (Fsp3) is 0.333. The van der Waals surface area contributed by atoms with Gasteiger partial charge in [-0.05, 0) is 5.21 Å². The molecule has 2 heterocycles. The highest BCUT2D eigenvalue weighted by molar-refractivity contribution is 5.69. The molecule has 1 aliphatic rings. The van der Waals surface area contributed by atoms with E-state index in [4.69, 9.17) is 4.74 Å². The van der Waals surface area contributed by atoms with Crippen LogP contribution in [0.4, 0.5) is 4.79 Å². The fourth-order valence-electron chi connectivity index (χ4n) is 1.88. The zero-order chi connectivity index (χ0) is 13.1. The van der Waals surface area contributed by atoms with Crippen molar-refractivity contribution in [3.05, 3.63) is 30.3 Å². The molecule has 1 aliphatic heterocycles. The monoisotopic (exact) mass is 259 g/mol. The molecule has 98 valence electrons. The van der Waals surface area contributed by atoms with Gasteiger partial charge in [-0.3, -0.25) is 0 Å². The van der Waals surface area contributed by atoms with Gasteiger partial charge in [0.1, 0.15) is 6.61 Å². The largest absolute Gasteiger partial charge is 0.448 e. The second-order valence-corrected chi connectivity index (χ2v) is 4.18. The van der Waals surface area contributed by atoms with Crippen molar-refractivity contribution < 1.29 is 9.53 Å². The molecule has 7 nitrogen and oxygen atoms in total. The summed E-state index contributed by atoms with van der Waals surface area (Å²) in [4.78, 5) is 14.4. The average molecular weight is 259 g/mol. The van der Waals surface area contributed by atoms with Crippen LogP contribution in [0.5, 0.6) is 0 Å². The van der Waals surface area contributed by atoms with E-state index in [1.807, 2.05) is 30.3 Å². The van der Waals surface area contributed by atoms with E-state index in [0.717, 1.165) is 5.56 Å². The third-order valence-corrected chi connectivity index (χ3v) is 2.90. The molecule has 0 radical (unpaired) electrons. The Bertz CT molecular complexity index is 569. The van der Waals surface area contributed by atoms with E-state index in [0.29, 0.717) is 32.1 Å². The van der Waals surface area contributed by atoms with Gasteiger partial charge in [0, 0.05) is 12.1 Å². The molecule has 0 saturated carbocycles. The lowest BCUT2D eigenvalue weighted by atomic mass is 10.2. The van der Waals surface area contributed by atoms with Crippen LogP contribution in [0, 0.1) is 0 Å². The van der Waals surface area contributed by atoms with Crippen molar-refractivity contribution in [1.29, 1.82) is 0 Å². The number of rotatable bonds is 4. The number of carbonyl (C=O) groups is 1. The Morgan fingerprint density at radius 2 is 2.05 bits per heavy atom. The molecule has 0 atom stereocenters. The molecule has 0 N–H and O–H groups in total. The van der Waals surface area contributed by atoms with Crippen molar-refractivity contribution >= 4 is 6.09 Å². The summed E-state index contributed by atoms with van der Waals surface area (Å²) in [7, 11) is 0. The molecule has 0 bridgehead atoms. The van der Waals surface area contributed by atoms with Crippen LogP contribution in [0.3, 0.4) is 0 Å². The van der Waals surface area contributed by atoms with E-state index < -0.39 is 0 Å². The molecule has 0 aliphatic carbocycles. The van der Waals surface area contributed by atoms with Crippen LogP contribution in [0.15, 0.2) is 30.3 Å². The van der Waals surface area contributed by atoms with Gasteiger partial charge in [-0.1, -0.05) is 30.3 Å². The summed E-state index contributed by atoms with van der Waals surface area (Å²) in [6, 6.07) is 9.65. The maximum atomic E-state index is 11.3. The highest BCUT2D eigenvalue weighted by Gasteiger charge is 2.21. The van der Waals surface area contributed by atoms with Crippen LogP contribution in [0.1, 0.15) is 0 Å². The molecule has 0 unspecified atom stereocenters. The smallest absolute Gasteiger partial charge is 0.410 e. The summed E-state index contributed by atoms with van der Waals surface area (Å²) in [5.74, 6) is 0.588. The lowest BCUT2D eigenvalue weighted by Crippen LogP contribution is -2.28. The zero-order valence-corrected chi connectivity index (χ0v) is 10.3. The lowest BCUT2D eigenvalue weighted by molar-refractivity contribution is 0.157. The Hall–Kier alpha value is -2.44. The molecule has 1 saturated heterocycles. The summed E-state index contributed by atoms with van der Waals surface area (Å²) >= 11 is 0. The van der Waals surface area contributed by atoms with E-state index in [-0.39, 0.29) is 6.09 Å². The van der Waals surface area contributed by atoms with Crippen molar-refractivity contribution in [3.8, 4) is 11.4 Å². The van der Waals surface area contributed by atoms with Crippen molar-refractivity contribution in [2.45, 2.75) is 6.54 Å². The van der Waals surface area contributed by atoms with E-state index in [1.54, 1.807) is 4.90 Å². The number of benzene rings is 1. The first-order valence-electron chi connectivity index (χ1n) is 6.08. The zero-order valence-electron chi connectivity index (χ0n) is 10.3. The molecular weight excluding hydrogens is 246 g/mol. The highest BCUT2D eigenvalue weighted by Crippen LogP contribution is 2.11. The Labute approximate surface area is 109 Å². The SMILES string of the molecule is O=C1OCCN1CCn1nnc(-c2ccccc2)n1. The highest BCUT2D eigenvalue weighted by atomic mass is 16.6. The molecule has 19 heavy (non-hydrogen) atoms. The molecule has 7 heteroatoms. The first-order valence-corrected chi connectivity index (χ1v) is 6.08. The minimum absolute atomic E-state index is 0.275. The summed E-state index contributed by atoms with van der Waals surface area (Å²) < 4.78 is 4.85. The van der Waals surface area contributed by atoms with Crippen molar-refractivity contribution in [2.24, 2.45) is 0 Å². The van der Waals surface area contributed by atoms with Gasteiger partial charge in [0.15, 0.2) is 0 Å². The van der Waals surface area contributed by atoms with Gasteiger partial charge in [0.05, 0.1) is 13.1 Å². The van der Waals surface area contributed by atoms with Crippen LogP contribution in [-0.4, -0.2) is 50.9 Å². The normalized spacial score (nSPS) is 14.7. The van der Waals surface area contributed by atoms with Crippen molar-refractivity contribution in [3.63, 3.8) is 0 Å². The molecule has 1 aromatic carbocycles. The van der Waals surface area contributed by atoms with E-state index in [1.165, 1.54) is 4.80 Å². The van der Waals surface area contributed by atoms with Gasteiger partial charge in [-0.2, -0.15) is 4.80 Å². The lowest BCUT2D eigenvalue weighted by Gasteiger charge is -2.10. The number of nitrogens with zero attached hydrogens (tertiary/aromatic N) is 5. The minimum Gasteiger partial charge on any atom is -0.448 e. The number of cyclic esters (lactones) is 1. The van der Waals surface area contributed by atoms with Crippen molar-refractivity contribution in [2.75, 3.05) is 19.7 Å². The number of hydrogen-bond acceptors (Lipinski definition) is 5. The summed E-state index contributed by atoms with van der Waals surface area (Å²) in [5.41, 5.74) is 0.925. The van der Waals surface area contributed by atoms with Gasteiger partial charge in [-0.15, -0.1) is 10.2 Å². The second-order valence-electron chi connectivity index (χ2n) is 4.18. The predicted molar refractivity (Wildman–Crippen MR) is 66.2 cm³/mol. The molecule has 1 amide bonds. The Morgan fingerprint density at radius 3 is 2.79 bits per heavy atom. The van der Waals surface area contributed by atoms with Crippen molar-refractivity contribution in [1.82, 2.24) is 25.1 Å². The minimum atomic E-state index is -0.275. The number of tetrazole rings is 1. The molecular formula is C12H13N5O2. The average Bonchev–Trinajstić information content (AvgIpc) is 3.06. The fourth-order valence-corrected chi connectivity index (χ4v) is 1.88. The van der Waals surface area contributed by atoms with E-state index >= 15 is 0 Å². The molecule has 1 aromatic heterocycles. The Balaban J connectivity index is 1.64. The van der Waals surface area contributed by atoms with E-state index in [9.17, 15) is 4.79 Å². The topological polar surface area (TPSA) is 73.1 Å². The first kappa shape index (κ1) is 11.6. The Kier molecular flexibility index (Phi) is 3.09. The third-order valence-electron chi connectivity index (χ3n) is 2.90. The number of carbonyl (C=O) groups excluding carboxylic acids is 1. The van der Waals surface area contributed by atoms with Crippen LogP contribution in [0.25, 0.3) is 11.4 Å². The second kappa shape index (κ2) is 5.05. The Morgan fingerprint density at radius 1 is 1.21 bits per heavy atom. The predicted octanol–water partition coefficient (Wildman–Crippen LogP) is 0.792. The molecule has 0 spiro atoms. The third kappa shape index (κ3) is 2.54. The number of amides is 1. The van der Waals surface area contributed by atoms with Crippen LogP contribution < -0.4 is 0 Å². The maximum Gasteiger partial charge on any atom is 0.410 e. The van der Waals surface area contributed by atoms with E-state index in [2.05, 4.69) is 15.4 Å². The first-order chi connectivity index (χ1) is 9.33. The van der Waals surface area contributed by atoms with Crippen LogP contribution >= 0.6 is 0 Å². The van der Waals surface area contributed by atoms with Gasteiger partial charge < -0.3 is 9.64 Å². The number of ether oxygens (including phenoxy) is 1.